The van der Waals surface area contributed by atoms with Crippen LogP contribution in [-0.2, 0) is 14.3 Å². The molecule has 5 heteroatoms. The van der Waals surface area contributed by atoms with Crippen LogP contribution in [0.2, 0.25) is 0 Å². The van der Waals surface area contributed by atoms with Crippen LogP contribution >= 0.6 is 0 Å². The number of carboxylic acids is 1. The maximum absolute atomic E-state index is 13.5. The van der Waals surface area contributed by atoms with E-state index in [2.05, 4.69) is 0 Å². The molecule has 2 atom stereocenters. The third-order valence-electron chi connectivity index (χ3n) is 3.43. The highest BCUT2D eigenvalue weighted by atomic mass is 19.1. The number of carboxylic acid groups (broad SMARTS) is 1. The molecule has 1 rings (SSSR count). The lowest BCUT2D eigenvalue weighted by Gasteiger charge is -2.01. The summed E-state index contributed by atoms with van der Waals surface area (Å²) in [6.45, 7) is 5.60. The molecule has 1 fully saturated rings. The average molecular weight is 258 g/mol. The Morgan fingerprint density at radius 1 is 1.44 bits per heavy atom. The summed E-state index contributed by atoms with van der Waals surface area (Å²) in [5, 5.41) is 8.92. The van der Waals surface area contributed by atoms with Gasteiger partial charge < -0.3 is 9.84 Å². The number of hydrogen-bond acceptors (Lipinski definition) is 3. The Labute approximate surface area is 106 Å². The number of aliphatic carboxylic acids is 1. The fraction of sp³-hybridized carbons (Fsp3) is 0.692. The standard InChI is InChI=1S/C13H19FO4/c1-4-5-6-18-12(17)9(14)7-8-10(11(15)16)13(8,2)3/h7-8,10H,4-6H2,1-3H3,(H,15,16)/b9-7+. The van der Waals surface area contributed by atoms with E-state index in [1.54, 1.807) is 13.8 Å². The molecule has 0 aliphatic heterocycles. The minimum atomic E-state index is -1.00. The summed E-state index contributed by atoms with van der Waals surface area (Å²) in [6, 6.07) is 0. The Morgan fingerprint density at radius 3 is 2.50 bits per heavy atom. The molecular formula is C13H19FO4. The molecule has 0 bridgehead atoms. The summed E-state index contributed by atoms with van der Waals surface area (Å²) in [4.78, 5) is 22.1. The fourth-order valence-corrected chi connectivity index (χ4v) is 2.06. The van der Waals surface area contributed by atoms with E-state index in [9.17, 15) is 14.0 Å². The number of ether oxygens (including phenoxy) is 1. The van der Waals surface area contributed by atoms with E-state index >= 15 is 0 Å². The number of halogens is 1. The molecule has 102 valence electrons. The third kappa shape index (κ3) is 3.09. The molecule has 0 spiro atoms. The van der Waals surface area contributed by atoms with Crippen molar-refractivity contribution in [3.63, 3.8) is 0 Å². The van der Waals surface area contributed by atoms with Crippen molar-refractivity contribution in [2.75, 3.05) is 6.61 Å². The van der Waals surface area contributed by atoms with Crippen molar-refractivity contribution in [2.45, 2.75) is 33.6 Å². The van der Waals surface area contributed by atoms with E-state index in [0.29, 0.717) is 6.42 Å². The lowest BCUT2D eigenvalue weighted by molar-refractivity contribution is -0.141. The highest BCUT2D eigenvalue weighted by Gasteiger charge is 2.61. The summed E-state index contributed by atoms with van der Waals surface area (Å²) in [7, 11) is 0. The van der Waals surface area contributed by atoms with Crippen molar-refractivity contribution in [3.8, 4) is 0 Å². The Balaban J connectivity index is 2.57. The van der Waals surface area contributed by atoms with Crippen molar-refractivity contribution in [1.29, 1.82) is 0 Å². The normalized spacial score (nSPS) is 25.7. The van der Waals surface area contributed by atoms with Crippen LogP contribution in [0.1, 0.15) is 33.6 Å². The zero-order valence-electron chi connectivity index (χ0n) is 10.9. The number of allylic oxidation sites excluding steroid dienone is 1. The van der Waals surface area contributed by atoms with Crippen molar-refractivity contribution < 1.29 is 23.8 Å². The van der Waals surface area contributed by atoms with Gasteiger partial charge in [-0.1, -0.05) is 27.2 Å². The Hall–Kier alpha value is -1.39. The Morgan fingerprint density at radius 2 is 2.06 bits per heavy atom. The summed E-state index contributed by atoms with van der Waals surface area (Å²) < 4.78 is 18.2. The Bertz CT molecular complexity index is 373. The van der Waals surface area contributed by atoms with Crippen molar-refractivity contribution in [1.82, 2.24) is 0 Å². The maximum Gasteiger partial charge on any atom is 0.366 e. The molecule has 4 nitrogen and oxygen atoms in total. The fourth-order valence-electron chi connectivity index (χ4n) is 2.06. The second kappa shape index (κ2) is 5.50. The number of rotatable bonds is 6. The first kappa shape index (κ1) is 14.7. The zero-order valence-corrected chi connectivity index (χ0v) is 10.9. The molecule has 18 heavy (non-hydrogen) atoms. The van der Waals surface area contributed by atoms with Crippen molar-refractivity contribution in [2.24, 2.45) is 17.3 Å². The monoisotopic (exact) mass is 258 g/mol. The highest BCUT2D eigenvalue weighted by Crippen LogP contribution is 2.59. The predicted octanol–water partition coefficient (Wildman–Crippen LogP) is 2.54. The lowest BCUT2D eigenvalue weighted by Crippen LogP contribution is -2.07. The van der Waals surface area contributed by atoms with E-state index in [4.69, 9.17) is 9.84 Å². The average Bonchev–Trinajstić information content (AvgIpc) is 2.80. The van der Waals surface area contributed by atoms with Crippen LogP contribution in [0.25, 0.3) is 0 Å². The summed E-state index contributed by atoms with van der Waals surface area (Å²) in [6.07, 6.45) is 2.62. The smallest absolute Gasteiger partial charge is 0.366 e. The van der Waals surface area contributed by atoms with Gasteiger partial charge in [-0.2, -0.15) is 4.39 Å². The van der Waals surface area contributed by atoms with Gasteiger partial charge in [-0.25, -0.2) is 4.79 Å². The van der Waals surface area contributed by atoms with Gasteiger partial charge in [-0.15, -0.1) is 0 Å². The largest absolute Gasteiger partial charge is 0.481 e. The van der Waals surface area contributed by atoms with Crippen molar-refractivity contribution in [3.05, 3.63) is 11.9 Å². The van der Waals surface area contributed by atoms with Crippen LogP contribution in [0, 0.1) is 17.3 Å². The molecule has 0 aromatic rings. The molecule has 0 radical (unpaired) electrons. The first-order valence-electron chi connectivity index (χ1n) is 6.09. The van der Waals surface area contributed by atoms with Crippen LogP contribution in [-0.4, -0.2) is 23.7 Å². The first-order chi connectivity index (χ1) is 8.32. The molecule has 0 heterocycles. The maximum atomic E-state index is 13.5. The molecular weight excluding hydrogens is 239 g/mol. The third-order valence-corrected chi connectivity index (χ3v) is 3.43. The molecule has 0 amide bonds. The van der Waals surface area contributed by atoms with Crippen molar-refractivity contribution >= 4 is 11.9 Å². The minimum Gasteiger partial charge on any atom is -0.481 e. The topological polar surface area (TPSA) is 63.6 Å². The number of carbonyl (C=O) groups excluding carboxylic acids is 1. The molecule has 0 saturated heterocycles. The highest BCUT2D eigenvalue weighted by molar-refractivity contribution is 5.86. The number of unbranched alkanes of at least 4 members (excludes halogenated alkanes) is 1. The quantitative estimate of drug-likeness (QED) is 0.452. The Kier molecular flexibility index (Phi) is 4.48. The molecule has 1 aliphatic rings. The van der Waals surface area contributed by atoms with E-state index < -0.39 is 35.0 Å². The van der Waals surface area contributed by atoms with Gasteiger partial charge in [0.05, 0.1) is 12.5 Å². The summed E-state index contributed by atoms with van der Waals surface area (Å²) >= 11 is 0. The number of esters is 1. The van der Waals surface area contributed by atoms with E-state index in [0.717, 1.165) is 12.5 Å². The molecule has 1 N–H and O–H groups in total. The van der Waals surface area contributed by atoms with Gasteiger partial charge in [0.2, 0.25) is 5.83 Å². The number of hydrogen-bond donors (Lipinski definition) is 1. The summed E-state index contributed by atoms with van der Waals surface area (Å²) in [5.41, 5.74) is -0.507. The van der Waals surface area contributed by atoms with Crippen LogP contribution in [0.5, 0.6) is 0 Å². The van der Waals surface area contributed by atoms with E-state index in [1.165, 1.54) is 0 Å². The van der Waals surface area contributed by atoms with Gasteiger partial charge in [0, 0.05) is 0 Å². The molecule has 0 aromatic carbocycles. The van der Waals surface area contributed by atoms with E-state index in [1.807, 2.05) is 6.92 Å². The predicted molar refractivity (Wildman–Crippen MR) is 63.5 cm³/mol. The molecule has 0 aromatic heterocycles. The van der Waals surface area contributed by atoms with Crippen LogP contribution in [0.3, 0.4) is 0 Å². The second-order valence-electron chi connectivity index (χ2n) is 5.17. The first-order valence-corrected chi connectivity index (χ1v) is 6.09. The SMILES string of the molecule is CCCCOC(=O)/C(F)=C\C1C(C(=O)O)C1(C)C. The van der Waals surface area contributed by atoms with Crippen LogP contribution in [0.15, 0.2) is 11.9 Å². The molecule has 1 aliphatic carbocycles. The van der Waals surface area contributed by atoms with Gasteiger partial charge in [-0.05, 0) is 23.8 Å². The lowest BCUT2D eigenvalue weighted by atomic mass is 10.1. The van der Waals surface area contributed by atoms with Gasteiger partial charge in [0.25, 0.3) is 0 Å². The second-order valence-corrected chi connectivity index (χ2v) is 5.17. The number of carbonyl (C=O) groups is 2. The van der Waals surface area contributed by atoms with Gasteiger partial charge in [-0.3, -0.25) is 4.79 Å². The van der Waals surface area contributed by atoms with Gasteiger partial charge in [0.1, 0.15) is 0 Å². The molecule has 2 unspecified atom stereocenters. The van der Waals surface area contributed by atoms with Crippen LogP contribution in [0.4, 0.5) is 4.39 Å². The van der Waals surface area contributed by atoms with Gasteiger partial charge in [0.15, 0.2) is 0 Å². The zero-order chi connectivity index (χ0) is 13.9. The van der Waals surface area contributed by atoms with E-state index in [-0.39, 0.29) is 6.61 Å². The minimum absolute atomic E-state index is 0.188. The molecule has 1 saturated carbocycles. The van der Waals surface area contributed by atoms with Gasteiger partial charge >= 0.3 is 11.9 Å². The van der Waals surface area contributed by atoms with Crippen LogP contribution < -0.4 is 0 Å². The summed E-state index contributed by atoms with van der Waals surface area (Å²) in [5.74, 6) is -4.04.